The largest absolute Gasteiger partial charge is 0.493 e. The number of ether oxygens (including phenoxy) is 2. The van der Waals surface area contributed by atoms with Gasteiger partial charge in [-0.05, 0) is 65.7 Å². The maximum absolute atomic E-state index is 6.00. The molecular formula is C21H18Cl2N2O2. The minimum absolute atomic E-state index is 0.405. The van der Waals surface area contributed by atoms with Gasteiger partial charge in [-0.3, -0.25) is 5.43 Å². The van der Waals surface area contributed by atoms with Crippen LogP contribution in [0.1, 0.15) is 11.1 Å². The van der Waals surface area contributed by atoms with Crippen LogP contribution < -0.4 is 14.9 Å². The molecule has 0 aliphatic rings. The van der Waals surface area contributed by atoms with Crippen LogP contribution in [0.15, 0.2) is 71.8 Å². The number of hydrazone groups is 1. The van der Waals surface area contributed by atoms with Crippen molar-refractivity contribution < 1.29 is 9.47 Å². The van der Waals surface area contributed by atoms with Crippen LogP contribution in [0.3, 0.4) is 0 Å². The van der Waals surface area contributed by atoms with Crippen molar-refractivity contribution in [3.63, 3.8) is 0 Å². The number of methoxy groups -OCH3 is 1. The molecule has 0 saturated carbocycles. The third kappa shape index (κ3) is 5.64. The van der Waals surface area contributed by atoms with Crippen molar-refractivity contribution in [2.24, 2.45) is 5.10 Å². The van der Waals surface area contributed by atoms with Crippen LogP contribution >= 0.6 is 23.2 Å². The van der Waals surface area contributed by atoms with Gasteiger partial charge < -0.3 is 9.47 Å². The zero-order valence-electron chi connectivity index (χ0n) is 14.7. The van der Waals surface area contributed by atoms with Crippen molar-refractivity contribution in [1.29, 1.82) is 0 Å². The third-order valence-corrected chi connectivity index (χ3v) is 4.21. The molecule has 4 nitrogen and oxygen atoms in total. The average Bonchev–Trinajstić information content (AvgIpc) is 2.68. The maximum Gasteiger partial charge on any atom is 0.161 e. The Labute approximate surface area is 168 Å². The first kappa shape index (κ1) is 19.1. The Bertz CT molecular complexity index is 928. The highest BCUT2D eigenvalue weighted by molar-refractivity contribution is 6.30. The molecule has 138 valence electrons. The SMILES string of the molecule is COc1cc(/C=N/Nc2ccc(Cl)cc2)ccc1OCc1cccc(Cl)c1. The van der Waals surface area contributed by atoms with Gasteiger partial charge in [0.1, 0.15) is 6.61 Å². The maximum atomic E-state index is 6.00. The smallest absolute Gasteiger partial charge is 0.161 e. The molecule has 0 unspecified atom stereocenters. The first-order valence-corrected chi connectivity index (χ1v) is 8.99. The number of hydrogen-bond acceptors (Lipinski definition) is 4. The van der Waals surface area contributed by atoms with Crippen LogP contribution in [0.25, 0.3) is 0 Å². The monoisotopic (exact) mass is 400 g/mol. The van der Waals surface area contributed by atoms with E-state index in [0.29, 0.717) is 28.2 Å². The van der Waals surface area contributed by atoms with Gasteiger partial charge in [0, 0.05) is 10.0 Å². The van der Waals surface area contributed by atoms with E-state index in [1.807, 2.05) is 54.6 Å². The Morgan fingerprint density at radius 2 is 1.74 bits per heavy atom. The van der Waals surface area contributed by atoms with Crippen LogP contribution in [0.4, 0.5) is 5.69 Å². The number of hydrogen-bond donors (Lipinski definition) is 1. The van der Waals surface area contributed by atoms with Gasteiger partial charge in [0.25, 0.3) is 0 Å². The van der Waals surface area contributed by atoms with Crippen LogP contribution in [-0.4, -0.2) is 13.3 Å². The summed E-state index contributed by atoms with van der Waals surface area (Å²) in [7, 11) is 1.61. The molecule has 0 bridgehead atoms. The van der Waals surface area contributed by atoms with Crippen LogP contribution in [0, 0.1) is 0 Å². The van der Waals surface area contributed by atoms with Gasteiger partial charge in [0.2, 0.25) is 0 Å². The molecule has 0 radical (unpaired) electrons. The highest BCUT2D eigenvalue weighted by Gasteiger charge is 2.06. The second kappa shape index (κ2) is 9.31. The lowest BCUT2D eigenvalue weighted by atomic mass is 10.2. The fraction of sp³-hybridized carbons (Fsp3) is 0.0952. The molecule has 3 aromatic carbocycles. The number of rotatable bonds is 7. The molecule has 6 heteroatoms. The molecule has 1 N–H and O–H groups in total. The lowest BCUT2D eigenvalue weighted by Crippen LogP contribution is -1.98. The average molecular weight is 401 g/mol. The quantitative estimate of drug-likeness (QED) is 0.389. The highest BCUT2D eigenvalue weighted by atomic mass is 35.5. The molecule has 0 spiro atoms. The summed E-state index contributed by atoms with van der Waals surface area (Å²) in [4.78, 5) is 0. The van der Waals surface area contributed by atoms with Crippen molar-refractivity contribution >= 4 is 35.1 Å². The fourth-order valence-corrected chi connectivity index (χ4v) is 2.72. The predicted molar refractivity (Wildman–Crippen MR) is 111 cm³/mol. The van der Waals surface area contributed by atoms with Gasteiger partial charge in [-0.15, -0.1) is 0 Å². The van der Waals surface area contributed by atoms with E-state index in [0.717, 1.165) is 16.8 Å². The molecule has 0 aliphatic heterocycles. The normalized spacial score (nSPS) is 10.8. The molecular weight excluding hydrogens is 383 g/mol. The Balaban J connectivity index is 1.64. The van der Waals surface area contributed by atoms with E-state index in [1.54, 1.807) is 25.5 Å². The standard InChI is InChI=1S/C21H18Cl2N2O2/c1-26-21-12-15(13-24-25-19-8-6-17(22)7-9-19)5-10-20(21)27-14-16-3-2-4-18(23)11-16/h2-13,25H,14H2,1H3/b24-13+. The summed E-state index contributed by atoms with van der Waals surface area (Å²) in [6.45, 7) is 0.405. The first-order valence-electron chi connectivity index (χ1n) is 8.24. The van der Waals surface area contributed by atoms with Crippen LogP contribution in [0.2, 0.25) is 10.0 Å². The molecule has 27 heavy (non-hydrogen) atoms. The van der Waals surface area contributed by atoms with Gasteiger partial charge in [0.15, 0.2) is 11.5 Å². The van der Waals surface area contributed by atoms with Crippen molar-refractivity contribution in [3.05, 3.63) is 87.9 Å². The Kier molecular flexibility index (Phi) is 6.58. The predicted octanol–water partition coefficient (Wildman–Crippen LogP) is 6.03. The topological polar surface area (TPSA) is 42.8 Å². The number of nitrogens with one attached hydrogen (secondary N) is 1. The van der Waals surface area contributed by atoms with E-state index in [4.69, 9.17) is 32.7 Å². The minimum Gasteiger partial charge on any atom is -0.493 e. The zero-order chi connectivity index (χ0) is 19.1. The Morgan fingerprint density at radius 3 is 2.48 bits per heavy atom. The van der Waals surface area contributed by atoms with E-state index in [1.165, 1.54) is 0 Å². The Morgan fingerprint density at radius 1 is 0.926 bits per heavy atom. The van der Waals surface area contributed by atoms with Crippen molar-refractivity contribution in [3.8, 4) is 11.5 Å². The number of halogens is 2. The van der Waals surface area contributed by atoms with Gasteiger partial charge in [-0.25, -0.2) is 0 Å². The summed E-state index contributed by atoms with van der Waals surface area (Å²) in [5, 5.41) is 5.59. The molecule has 0 fully saturated rings. The Hall–Kier alpha value is -2.69. The third-order valence-electron chi connectivity index (χ3n) is 3.72. The molecule has 0 saturated heterocycles. The second-order valence-corrected chi connectivity index (χ2v) is 6.58. The van der Waals surface area contributed by atoms with Gasteiger partial charge in [-0.2, -0.15) is 5.10 Å². The molecule has 0 atom stereocenters. The summed E-state index contributed by atoms with van der Waals surface area (Å²) >= 11 is 11.9. The van der Waals surface area contributed by atoms with Crippen molar-refractivity contribution in [2.45, 2.75) is 6.61 Å². The first-order chi connectivity index (χ1) is 13.1. The highest BCUT2D eigenvalue weighted by Crippen LogP contribution is 2.28. The lowest BCUT2D eigenvalue weighted by Gasteiger charge is -2.11. The summed E-state index contributed by atoms with van der Waals surface area (Å²) in [6, 6.07) is 20.5. The van der Waals surface area contributed by atoms with Crippen molar-refractivity contribution in [2.75, 3.05) is 12.5 Å². The van der Waals surface area contributed by atoms with Gasteiger partial charge >= 0.3 is 0 Å². The van der Waals surface area contributed by atoms with E-state index in [2.05, 4.69) is 10.5 Å². The van der Waals surface area contributed by atoms with Gasteiger partial charge in [-0.1, -0.05) is 35.3 Å². The summed E-state index contributed by atoms with van der Waals surface area (Å²) < 4.78 is 11.3. The summed E-state index contributed by atoms with van der Waals surface area (Å²) in [5.74, 6) is 1.28. The van der Waals surface area contributed by atoms with E-state index >= 15 is 0 Å². The number of benzene rings is 3. The molecule has 3 rings (SSSR count). The van der Waals surface area contributed by atoms with Crippen LogP contribution in [-0.2, 0) is 6.61 Å². The van der Waals surface area contributed by atoms with E-state index < -0.39 is 0 Å². The second-order valence-electron chi connectivity index (χ2n) is 5.71. The summed E-state index contributed by atoms with van der Waals surface area (Å²) in [5.41, 5.74) is 5.67. The van der Waals surface area contributed by atoms with E-state index in [9.17, 15) is 0 Å². The fourth-order valence-electron chi connectivity index (χ4n) is 2.38. The summed E-state index contributed by atoms with van der Waals surface area (Å²) in [6.07, 6.45) is 1.71. The van der Waals surface area contributed by atoms with Crippen LogP contribution in [0.5, 0.6) is 11.5 Å². The number of nitrogens with zero attached hydrogens (tertiary/aromatic N) is 1. The minimum atomic E-state index is 0.405. The number of anilines is 1. The zero-order valence-corrected chi connectivity index (χ0v) is 16.2. The lowest BCUT2D eigenvalue weighted by molar-refractivity contribution is 0.284. The molecule has 0 heterocycles. The molecule has 0 aromatic heterocycles. The van der Waals surface area contributed by atoms with Crippen molar-refractivity contribution in [1.82, 2.24) is 0 Å². The molecule has 0 aliphatic carbocycles. The molecule has 0 amide bonds. The van der Waals surface area contributed by atoms with Gasteiger partial charge in [0.05, 0.1) is 19.0 Å². The van der Waals surface area contributed by atoms with E-state index in [-0.39, 0.29) is 0 Å². The molecule has 3 aromatic rings.